The van der Waals surface area contributed by atoms with Gasteiger partial charge in [0.15, 0.2) is 0 Å². The average Bonchev–Trinajstić information content (AvgIpc) is 2.36. The van der Waals surface area contributed by atoms with Crippen molar-refractivity contribution >= 4 is 11.8 Å². The zero-order chi connectivity index (χ0) is 16.3. The Morgan fingerprint density at radius 1 is 1.14 bits per heavy atom. The van der Waals surface area contributed by atoms with Gasteiger partial charge in [-0.2, -0.15) is 0 Å². The molecule has 5 nitrogen and oxygen atoms in total. The van der Waals surface area contributed by atoms with Crippen molar-refractivity contribution in [2.75, 3.05) is 19.0 Å². The van der Waals surface area contributed by atoms with Crippen LogP contribution >= 0.6 is 0 Å². The minimum atomic E-state index is -0.233. The number of hydrogen-bond donors (Lipinski definition) is 1. The summed E-state index contributed by atoms with van der Waals surface area (Å²) in [6.07, 6.45) is 0.316. The number of aromatic nitrogens is 2. The molecule has 0 spiro atoms. The number of esters is 1. The summed E-state index contributed by atoms with van der Waals surface area (Å²) in [6, 6.07) is 1.95. The maximum atomic E-state index is 11.2. The zero-order valence-corrected chi connectivity index (χ0v) is 14.2. The molecule has 0 saturated carbocycles. The van der Waals surface area contributed by atoms with Crippen molar-refractivity contribution in [1.29, 1.82) is 0 Å². The average molecular weight is 293 g/mol. The molecule has 0 aliphatic carbocycles. The van der Waals surface area contributed by atoms with Crippen LogP contribution in [0.4, 0.5) is 5.82 Å². The molecule has 0 aliphatic rings. The first-order valence-corrected chi connectivity index (χ1v) is 7.25. The van der Waals surface area contributed by atoms with Crippen molar-refractivity contribution in [3.05, 3.63) is 17.6 Å². The number of rotatable bonds is 4. The highest BCUT2D eigenvalue weighted by molar-refractivity contribution is 5.69. The molecular weight excluding hydrogens is 266 g/mol. The number of ether oxygens (including phenoxy) is 1. The lowest BCUT2D eigenvalue weighted by Gasteiger charge is -2.24. The first kappa shape index (κ1) is 17.4. The Labute approximate surface area is 127 Å². The maximum Gasteiger partial charge on any atom is 0.307 e. The van der Waals surface area contributed by atoms with Crippen molar-refractivity contribution in [3.63, 3.8) is 0 Å². The van der Waals surface area contributed by atoms with Gasteiger partial charge in [-0.3, -0.25) is 4.79 Å². The van der Waals surface area contributed by atoms with Crippen LogP contribution in [0.25, 0.3) is 0 Å². The van der Waals surface area contributed by atoms with Crippen LogP contribution in [0.15, 0.2) is 6.07 Å². The minimum Gasteiger partial charge on any atom is -0.469 e. The second-order valence-corrected chi connectivity index (χ2v) is 7.21. The predicted molar refractivity (Wildman–Crippen MR) is 84.6 cm³/mol. The van der Waals surface area contributed by atoms with E-state index in [2.05, 4.69) is 56.6 Å². The fraction of sp³-hybridized carbons (Fsp3) is 0.688. The Kier molecular flexibility index (Phi) is 5.31. The SMILES string of the molecule is COC(=O)CCNc1cc(C(C)(C)C)nc(C(C)(C)C)n1. The largest absolute Gasteiger partial charge is 0.469 e. The third-order valence-electron chi connectivity index (χ3n) is 3.03. The fourth-order valence-corrected chi connectivity index (χ4v) is 1.65. The summed E-state index contributed by atoms with van der Waals surface area (Å²) in [5.74, 6) is 1.32. The second kappa shape index (κ2) is 6.41. The molecule has 0 aromatic carbocycles. The van der Waals surface area contributed by atoms with Crippen molar-refractivity contribution < 1.29 is 9.53 Å². The monoisotopic (exact) mass is 293 g/mol. The molecule has 0 saturated heterocycles. The fourth-order valence-electron chi connectivity index (χ4n) is 1.65. The summed E-state index contributed by atoms with van der Waals surface area (Å²) < 4.78 is 4.63. The molecule has 5 heteroatoms. The van der Waals surface area contributed by atoms with E-state index in [-0.39, 0.29) is 16.8 Å². The second-order valence-electron chi connectivity index (χ2n) is 7.21. The van der Waals surface area contributed by atoms with Crippen LogP contribution in [0, 0.1) is 0 Å². The van der Waals surface area contributed by atoms with Crippen LogP contribution < -0.4 is 5.32 Å². The molecule has 0 atom stereocenters. The Hall–Kier alpha value is -1.65. The minimum absolute atomic E-state index is 0.0539. The Bertz CT molecular complexity index is 467. The van der Waals surface area contributed by atoms with E-state index in [1.165, 1.54) is 7.11 Å². The van der Waals surface area contributed by atoms with Crippen LogP contribution in [0.3, 0.4) is 0 Å². The lowest BCUT2D eigenvalue weighted by atomic mass is 9.90. The number of anilines is 1. The summed E-state index contributed by atoms with van der Waals surface area (Å²) in [6.45, 7) is 13.1. The number of carbonyl (C=O) groups is 1. The van der Waals surface area contributed by atoms with Gasteiger partial charge in [0.2, 0.25) is 0 Å². The van der Waals surface area contributed by atoms with Gasteiger partial charge in [0, 0.05) is 23.4 Å². The van der Waals surface area contributed by atoms with E-state index >= 15 is 0 Å². The van der Waals surface area contributed by atoms with Gasteiger partial charge in [-0.05, 0) is 0 Å². The number of hydrogen-bond acceptors (Lipinski definition) is 5. The summed E-state index contributed by atoms with van der Waals surface area (Å²) in [5, 5.41) is 3.18. The highest BCUT2D eigenvalue weighted by atomic mass is 16.5. The Morgan fingerprint density at radius 3 is 2.24 bits per heavy atom. The van der Waals surface area contributed by atoms with Crippen LogP contribution in [0.2, 0.25) is 0 Å². The number of nitrogens with one attached hydrogen (secondary N) is 1. The van der Waals surface area contributed by atoms with Gasteiger partial charge in [-0.15, -0.1) is 0 Å². The molecule has 1 rings (SSSR count). The van der Waals surface area contributed by atoms with E-state index < -0.39 is 0 Å². The topological polar surface area (TPSA) is 64.1 Å². The van der Waals surface area contributed by atoms with Crippen LogP contribution in [-0.4, -0.2) is 29.6 Å². The van der Waals surface area contributed by atoms with Gasteiger partial charge in [0.1, 0.15) is 11.6 Å². The summed E-state index contributed by atoms with van der Waals surface area (Å²) in [5.41, 5.74) is 0.810. The third-order valence-corrected chi connectivity index (χ3v) is 3.03. The quantitative estimate of drug-likeness (QED) is 0.864. The first-order valence-electron chi connectivity index (χ1n) is 7.25. The standard InChI is InChI=1S/C16H27N3O2/c1-15(2,3)11-10-12(17-9-8-13(20)21-7)19-14(18-11)16(4,5)6/h10H,8-9H2,1-7H3,(H,17,18,19). The van der Waals surface area contributed by atoms with Gasteiger partial charge in [-0.1, -0.05) is 41.5 Å². The molecule has 0 bridgehead atoms. The van der Waals surface area contributed by atoms with E-state index in [4.69, 9.17) is 4.98 Å². The predicted octanol–water partition coefficient (Wildman–Crippen LogP) is 3.05. The van der Waals surface area contributed by atoms with Crippen LogP contribution in [0.5, 0.6) is 0 Å². The van der Waals surface area contributed by atoms with E-state index in [9.17, 15) is 4.79 Å². The van der Waals surface area contributed by atoms with Crippen LogP contribution in [-0.2, 0) is 20.4 Å². The number of carbonyl (C=O) groups excluding carboxylic acids is 1. The molecule has 0 radical (unpaired) electrons. The summed E-state index contributed by atoms with van der Waals surface area (Å²) in [7, 11) is 1.39. The smallest absolute Gasteiger partial charge is 0.307 e. The van der Waals surface area contributed by atoms with E-state index in [0.717, 1.165) is 17.3 Å². The summed E-state index contributed by atoms with van der Waals surface area (Å²) >= 11 is 0. The van der Waals surface area contributed by atoms with Gasteiger partial charge in [-0.25, -0.2) is 9.97 Å². The van der Waals surface area contributed by atoms with Crippen LogP contribution in [0.1, 0.15) is 59.5 Å². The van der Waals surface area contributed by atoms with E-state index in [0.29, 0.717) is 13.0 Å². The van der Waals surface area contributed by atoms with Crippen molar-refractivity contribution in [1.82, 2.24) is 9.97 Å². The summed E-state index contributed by atoms with van der Waals surface area (Å²) in [4.78, 5) is 20.4. The highest BCUT2D eigenvalue weighted by Gasteiger charge is 2.23. The van der Waals surface area contributed by atoms with E-state index in [1.54, 1.807) is 0 Å². The molecule has 21 heavy (non-hydrogen) atoms. The Balaban J connectivity index is 3.00. The lowest BCUT2D eigenvalue weighted by Crippen LogP contribution is -2.23. The van der Waals surface area contributed by atoms with Gasteiger partial charge >= 0.3 is 5.97 Å². The van der Waals surface area contributed by atoms with Gasteiger partial charge in [0.05, 0.1) is 19.2 Å². The molecule has 0 unspecified atom stereocenters. The van der Waals surface area contributed by atoms with Gasteiger partial charge < -0.3 is 10.1 Å². The maximum absolute atomic E-state index is 11.2. The number of nitrogens with zero attached hydrogens (tertiary/aromatic N) is 2. The highest BCUT2D eigenvalue weighted by Crippen LogP contribution is 2.26. The molecule has 1 aromatic rings. The molecule has 1 heterocycles. The Morgan fingerprint density at radius 2 is 1.76 bits per heavy atom. The van der Waals surface area contributed by atoms with Gasteiger partial charge in [0.25, 0.3) is 0 Å². The number of methoxy groups -OCH3 is 1. The lowest BCUT2D eigenvalue weighted by molar-refractivity contribution is -0.140. The normalized spacial score (nSPS) is 12.1. The first-order chi connectivity index (χ1) is 9.54. The van der Waals surface area contributed by atoms with E-state index in [1.807, 2.05) is 6.07 Å². The zero-order valence-electron chi connectivity index (χ0n) is 14.2. The molecule has 0 aliphatic heterocycles. The molecule has 1 aromatic heterocycles. The molecule has 0 fully saturated rings. The van der Waals surface area contributed by atoms with Crippen molar-refractivity contribution in [2.45, 2.75) is 58.8 Å². The molecule has 118 valence electrons. The van der Waals surface area contributed by atoms with Crippen molar-refractivity contribution in [2.24, 2.45) is 0 Å². The molecular formula is C16H27N3O2. The third kappa shape index (κ3) is 5.33. The van der Waals surface area contributed by atoms with Crippen molar-refractivity contribution in [3.8, 4) is 0 Å². The molecule has 1 N–H and O–H groups in total. The molecule has 0 amide bonds.